The van der Waals surface area contributed by atoms with Gasteiger partial charge < -0.3 is 10.2 Å². The fourth-order valence-electron chi connectivity index (χ4n) is 2.41. The van der Waals surface area contributed by atoms with E-state index in [0.717, 1.165) is 26.1 Å². The van der Waals surface area contributed by atoms with Crippen molar-refractivity contribution in [3.63, 3.8) is 0 Å². The molecule has 0 aromatic carbocycles. The second kappa shape index (κ2) is 6.30. The van der Waals surface area contributed by atoms with Gasteiger partial charge in [-0.05, 0) is 32.4 Å². The quantitative estimate of drug-likeness (QED) is 0.645. The van der Waals surface area contributed by atoms with E-state index in [2.05, 4.69) is 10.3 Å². The van der Waals surface area contributed by atoms with E-state index in [4.69, 9.17) is 5.26 Å². The van der Waals surface area contributed by atoms with Crippen molar-refractivity contribution in [1.82, 2.24) is 10.3 Å². The molecule has 7 nitrogen and oxygen atoms in total. The van der Waals surface area contributed by atoms with Crippen molar-refractivity contribution in [1.29, 1.82) is 5.26 Å². The van der Waals surface area contributed by atoms with Crippen LogP contribution in [0.15, 0.2) is 12.1 Å². The summed E-state index contributed by atoms with van der Waals surface area (Å²) in [5, 5.41) is 23.2. The summed E-state index contributed by atoms with van der Waals surface area (Å²) in [5.41, 5.74) is -0.378. The first kappa shape index (κ1) is 14.2. The third-order valence-electron chi connectivity index (χ3n) is 3.47. The maximum Gasteiger partial charge on any atom is 0.305 e. The SMILES string of the molecule is CCN(CC1CCCN1)c1ccc([N+](=O)[O-])c(C#N)n1. The number of hydrogen-bond donors (Lipinski definition) is 1. The van der Waals surface area contributed by atoms with Crippen LogP contribution < -0.4 is 10.2 Å². The lowest BCUT2D eigenvalue weighted by Gasteiger charge is -2.25. The molecule has 1 aliphatic rings. The number of nitro groups is 1. The number of nitrogens with zero attached hydrogens (tertiary/aromatic N) is 4. The van der Waals surface area contributed by atoms with Gasteiger partial charge in [-0.25, -0.2) is 4.98 Å². The molecule has 1 fully saturated rings. The predicted octanol–water partition coefficient (Wildman–Crippen LogP) is 1.44. The van der Waals surface area contributed by atoms with Gasteiger partial charge in [0.15, 0.2) is 0 Å². The van der Waals surface area contributed by atoms with Gasteiger partial charge in [0.1, 0.15) is 11.9 Å². The highest BCUT2D eigenvalue weighted by atomic mass is 16.6. The lowest BCUT2D eigenvalue weighted by Crippen LogP contribution is -2.38. The highest BCUT2D eigenvalue weighted by Gasteiger charge is 2.21. The molecule has 20 heavy (non-hydrogen) atoms. The molecule has 1 aliphatic heterocycles. The van der Waals surface area contributed by atoms with Crippen molar-refractivity contribution < 1.29 is 4.92 Å². The lowest BCUT2D eigenvalue weighted by molar-refractivity contribution is -0.385. The van der Waals surface area contributed by atoms with E-state index in [0.29, 0.717) is 11.9 Å². The molecule has 1 aromatic rings. The zero-order valence-corrected chi connectivity index (χ0v) is 11.4. The van der Waals surface area contributed by atoms with Crippen LogP contribution in [0.2, 0.25) is 0 Å². The highest BCUT2D eigenvalue weighted by molar-refractivity contribution is 5.51. The molecular weight excluding hydrogens is 258 g/mol. The molecule has 1 unspecified atom stereocenters. The van der Waals surface area contributed by atoms with E-state index in [1.807, 2.05) is 11.8 Å². The van der Waals surface area contributed by atoms with Gasteiger partial charge >= 0.3 is 5.69 Å². The van der Waals surface area contributed by atoms with Gasteiger partial charge in [0, 0.05) is 25.2 Å². The summed E-state index contributed by atoms with van der Waals surface area (Å²) >= 11 is 0. The average molecular weight is 275 g/mol. The molecule has 0 saturated carbocycles. The summed E-state index contributed by atoms with van der Waals surface area (Å²) in [5.74, 6) is 0.614. The number of likely N-dealkylation sites (N-methyl/N-ethyl adjacent to an activating group) is 1. The number of pyridine rings is 1. The number of aromatic nitrogens is 1. The molecule has 0 bridgehead atoms. The zero-order chi connectivity index (χ0) is 14.5. The van der Waals surface area contributed by atoms with E-state index in [1.165, 1.54) is 12.5 Å². The Morgan fingerprint density at radius 3 is 3.00 bits per heavy atom. The first-order valence-electron chi connectivity index (χ1n) is 6.69. The zero-order valence-electron chi connectivity index (χ0n) is 11.4. The summed E-state index contributed by atoms with van der Waals surface area (Å²) in [6, 6.07) is 5.17. The molecule has 106 valence electrons. The summed E-state index contributed by atoms with van der Waals surface area (Å²) in [6.45, 7) is 4.57. The van der Waals surface area contributed by atoms with E-state index < -0.39 is 4.92 Å². The fourth-order valence-corrected chi connectivity index (χ4v) is 2.41. The van der Waals surface area contributed by atoms with E-state index >= 15 is 0 Å². The van der Waals surface area contributed by atoms with Gasteiger partial charge in [-0.15, -0.1) is 0 Å². The Morgan fingerprint density at radius 1 is 1.65 bits per heavy atom. The first-order valence-corrected chi connectivity index (χ1v) is 6.69. The molecule has 2 rings (SSSR count). The van der Waals surface area contributed by atoms with Gasteiger partial charge in [0.2, 0.25) is 5.69 Å². The average Bonchev–Trinajstić information content (AvgIpc) is 2.96. The van der Waals surface area contributed by atoms with Crippen LogP contribution in [0.4, 0.5) is 11.5 Å². The molecule has 1 aromatic heterocycles. The Labute approximate surface area is 117 Å². The number of nitrogens with one attached hydrogen (secondary N) is 1. The Bertz CT molecular complexity index is 534. The van der Waals surface area contributed by atoms with Crippen molar-refractivity contribution in [2.75, 3.05) is 24.5 Å². The maximum absolute atomic E-state index is 10.8. The molecule has 1 atom stereocenters. The van der Waals surface area contributed by atoms with Gasteiger partial charge in [-0.3, -0.25) is 10.1 Å². The van der Waals surface area contributed by atoms with E-state index in [9.17, 15) is 10.1 Å². The molecule has 0 spiro atoms. The Morgan fingerprint density at radius 2 is 2.45 bits per heavy atom. The Kier molecular flexibility index (Phi) is 4.48. The molecule has 0 aliphatic carbocycles. The smallest absolute Gasteiger partial charge is 0.305 e. The van der Waals surface area contributed by atoms with Crippen molar-refractivity contribution in [2.45, 2.75) is 25.8 Å². The molecular formula is C13H17N5O2. The monoisotopic (exact) mass is 275 g/mol. The van der Waals surface area contributed by atoms with Crippen LogP contribution >= 0.6 is 0 Å². The number of rotatable bonds is 5. The van der Waals surface area contributed by atoms with Crippen molar-refractivity contribution >= 4 is 11.5 Å². The predicted molar refractivity (Wildman–Crippen MR) is 74.5 cm³/mol. The molecule has 2 heterocycles. The molecule has 7 heteroatoms. The summed E-state index contributed by atoms with van der Waals surface area (Å²) in [7, 11) is 0. The van der Waals surface area contributed by atoms with Gasteiger partial charge in [-0.2, -0.15) is 5.26 Å². The summed E-state index contributed by atoms with van der Waals surface area (Å²) in [6.07, 6.45) is 2.29. The summed E-state index contributed by atoms with van der Waals surface area (Å²) < 4.78 is 0. The molecule has 0 radical (unpaired) electrons. The van der Waals surface area contributed by atoms with E-state index in [1.54, 1.807) is 12.1 Å². The molecule has 1 saturated heterocycles. The van der Waals surface area contributed by atoms with Crippen LogP contribution in [0.5, 0.6) is 0 Å². The topological polar surface area (TPSA) is 95.1 Å². The molecule has 0 amide bonds. The van der Waals surface area contributed by atoms with Gasteiger partial charge in [-0.1, -0.05) is 0 Å². The third kappa shape index (κ3) is 3.03. The standard InChI is InChI=1S/C13H17N5O2/c1-2-17(9-10-4-3-7-15-10)13-6-5-12(18(19)20)11(8-14)16-13/h5-6,10,15H,2-4,7,9H2,1H3. The van der Waals surface area contributed by atoms with Crippen molar-refractivity contribution in [2.24, 2.45) is 0 Å². The van der Waals surface area contributed by atoms with Gasteiger partial charge in [0.25, 0.3) is 0 Å². The largest absolute Gasteiger partial charge is 0.355 e. The summed E-state index contributed by atoms with van der Waals surface area (Å²) in [4.78, 5) is 16.4. The van der Waals surface area contributed by atoms with Crippen LogP contribution in [0.1, 0.15) is 25.5 Å². The number of nitriles is 1. The second-order valence-corrected chi connectivity index (χ2v) is 4.74. The minimum absolute atomic E-state index is 0.134. The van der Waals surface area contributed by atoms with Crippen LogP contribution in [-0.2, 0) is 0 Å². The third-order valence-corrected chi connectivity index (χ3v) is 3.47. The number of hydrogen-bond acceptors (Lipinski definition) is 6. The normalized spacial score (nSPS) is 17.7. The highest BCUT2D eigenvalue weighted by Crippen LogP contribution is 2.21. The minimum atomic E-state index is -0.579. The van der Waals surface area contributed by atoms with Gasteiger partial charge in [0.05, 0.1) is 4.92 Å². The number of anilines is 1. The Hall–Kier alpha value is -2.20. The maximum atomic E-state index is 10.8. The van der Waals surface area contributed by atoms with Crippen molar-refractivity contribution in [3.8, 4) is 6.07 Å². The van der Waals surface area contributed by atoms with E-state index in [-0.39, 0.29) is 11.4 Å². The van der Waals surface area contributed by atoms with Crippen LogP contribution in [0.3, 0.4) is 0 Å². The minimum Gasteiger partial charge on any atom is -0.355 e. The Balaban J connectivity index is 2.21. The van der Waals surface area contributed by atoms with Crippen LogP contribution in [0.25, 0.3) is 0 Å². The van der Waals surface area contributed by atoms with Crippen molar-refractivity contribution in [3.05, 3.63) is 27.9 Å². The van der Waals surface area contributed by atoms with Crippen LogP contribution in [-0.4, -0.2) is 35.6 Å². The fraction of sp³-hybridized carbons (Fsp3) is 0.538. The second-order valence-electron chi connectivity index (χ2n) is 4.74. The molecule has 1 N–H and O–H groups in total. The van der Waals surface area contributed by atoms with Crippen LogP contribution in [0, 0.1) is 21.4 Å². The lowest BCUT2D eigenvalue weighted by atomic mass is 10.2. The first-order chi connectivity index (χ1) is 9.65.